The molecule has 0 aliphatic heterocycles. The third-order valence-electron chi connectivity index (χ3n) is 3.00. The van der Waals surface area contributed by atoms with Crippen molar-refractivity contribution in [2.45, 2.75) is 6.92 Å². The lowest BCUT2D eigenvalue weighted by Crippen LogP contribution is -2.24. The molecule has 0 unspecified atom stereocenters. The second kappa shape index (κ2) is 7.94. The molecule has 0 aliphatic rings. The first kappa shape index (κ1) is 17.2. The normalized spacial score (nSPS) is 10.0. The lowest BCUT2D eigenvalue weighted by atomic mass is 10.1. The van der Waals surface area contributed by atoms with Crippen LogP contribution in [0, 0.1) is 28.7 Å². The van der Waals surface area contributed by atoms with Gasteiger partial charge in [-0.1, -0.05) is 5.92 Å². The Morgan fingerprint density at radius 1 is 1.30 bits per heavy atom. The van der Waals surface area contributed by atoms with Crippen molar-refractivity contribution in [3.8, 4) is 12.3 Å². The number of anilines is 2. The van der Waals surface area contributed by atoms with Gasteiger partial charge in [-0.3, -0.25) is 9.63 Å². The second-order valence-electron chi connectivity index (χ2n) is 4.70. The maximum Gasteiger partial charge on any atom is 0.276 e. The Bertz CT molecular complexity index is 772. The van der Waals surface area contributed by atoms with Gasteiger partial charge in [-0.05, 0) is 71.5 Å². The van der Waals surface area contributed by atoms with Crippen molar-refractivity contribution in [3.05, 3.63) is 56.9 Å². The first-order valence-corrected chi connectivity index (χ1v) is 7.77. The maximum absolute atomic E-state index is 13.6. The lowest BCUT2D eigenvalue weighted by molar-refractivity contribution is 0.0439. The molecule has 4 nitrogen and oxygen atoms in total. The zero-order chi connectivity index (χ0) is 16.8. The molecule has 23 heavy (non-hydrogen) atoms. The van der Waals surface area contributed by atoms with Gasteiger partial charge in [0, 0.05) is 9.26 Å². The van der Waals surface area contributed by atoms with Gasteiger partial charge in [-0.25, -0.2) is 9.87 Å². The lowest BCUT2D eigenvalue weighted by Gasteiger charge is -2.14. The second-order valence-corrected chi connectivity index (χ2v) is 5.94. The van der Waals surface area contributed by atoms with E-state index in [1.807, 2.05) is 25.1 Å². The topological polar surface area (TPSA) is 50.4 Å². The van der Waals surface area contributed by atoms with E-state index >= 15 is 0 Å². The van der Waals surface area contributed by atoms with Crippen molar-refractivity contribution in [1.29, 1.82) is 0 Å². The number of carbonyl (C=O) groups excluding carboxylic acids is 1. The summed E-state index contributed by atoms with van der Waals surface area (Å²) in [6.45, 7) is 1.88. The van der Waals surface area contributed by atoms with Crippen LogP contribution < -0.4 is 10.8 Å². The summed E-state index contributed by atoms with van der Waals surface area (Å²) in [6, 6.07) is 9.63. The number of halogens is 2. The van der Waals surface area contributed by atoms with Gasteiger partial charge in [0.25, 0.3) is 5.91 Å². The summed E-state index contributed by atoms with van der Waals surface area (Å²) < 4.78 is 14.6. The molecule has 118 valence electrons. The van der Waals surface area contributed by atoms with Gasteiger partial charge in [-0.15, -0.1) is 6.42 Å². The van der Waals surface area contributed by atoms with E-state index in [-0.39, 0.29) is 12.2 Å². The van der Waals surface area contributed by atoms with E-state index < -0.39 is 11.7 Å². The largest absolute Gasteiger partial charge is 0.355 e. The zero-order valence-corrected chi connectivity index (χ0v) is 14.5. The number of benzene rings is 2. The summed E-state index contributed by atoms with van der Waals surface area (Å²) in [7, 11) is 0. The number of amides is 1. The third kappa shape index (κ3) is 4.68. The number of hydroxylamine groups is 1. The number of nitrogens with one attached hydrogen (secondary N) is 2. The van der Waals surface area contributed by atoms with Crippen molar-refractivity contribution in [2.24, 2.45) is 0 Å². The molecule has 1 amide bonds. The number of hydrogen-bond donors (Lipinski definition) is 2. The number of aryl methyl sites for hydroxylation is 1. The Balaban J connectivity index is 2.28. The summed E-state index contributed by atoms with van der Waals surface area (Å²) in [5.74, 6) is 1.28. The molecule has 0 spiro atoms. The molecule has 6 heteroatoms. The molecule has 2 N–H and O–H groups in total. The van der Waals surface area contributed by atoms with Crippen molar-refractivity contribution >= 4 is 39.9 Å². The molecule has 0 bridgehead atoms. The van der Waals surface area contributed by atoms with Gasteiger partial charge in [0.1, 0.15) is 12.4 Å². The van der Waals surface area contributed by atoms with Crippen LogP contribution in [0.5, 0.6) is 0 Å². The Labute approximate surface area is 147 Å². The highest BCUT2D eigenvalue weighted by Crippen LogP contribution is 2.25. The van der Waals surface area contributed by atoms with Gasteiger partial charge in [-0.2, -0.15) is 0 Å². The fourth-order valence-corrected chi connectivity index (χ4v) is 2.58. The van der Waals surface area contributed by atoms with Gasteiger partial charge in [0.2, 0.25) is 0 Å². The van der Waals surface area contributed by atoms with Crippen LogP contribution in [0.2, 0.25) is 0 Å². The smallest absolute Gasteiger partial charge is 0.276 e. The highest BCUT2D eigenvalue weighted by molar-refractivity contribution is 14.1. The van der Waals surface area contributed by atoms with Crippen LogP contribution in [0.15, 0.2) is 36.4 Å². The molecular weight excluding hydrogens is 410 g/mol. The summed E-state index contributed by atoms with van der Waals surface area (Å²) in [4.78, 5) is 16.9. The minimum Gasteiger partial charge on any atom is -0.355 e. The summed E-state index contributed by atoms with van der Waals surface area (Å²) in [6.07, 6.45) is 5.05. The first-order chi connectivity index (χ1) is 11.0. The van der Waals surface area contributed by atoms with E-state index in [0.717, 1.165) is 14.8 Å². The van der Waals surface area contributed by atoms with E-state index in [1.165, 1.54) is 18.2 Å². The molecule has 0 saturated carbocycles. The fraction of sp³-hybridized carbons (Fsp3) is 0.118. The van der Waals surface area contributed by atoms with Crippen molar-refractivity contribution in [2.75, 3.05) is 11.9 Å². The molecule has 0 fully saturated rings. The average molecular weight is 424 g/mol. The third-order valence-corrected chi connectivity index (χ3v) is 3.68. The Hall–Kier alpha value is -2.11. The van der Waals surface area contributed by atoms with Crippen molar-refractivity contribution in [3.63, 3.8) is 0 Å². The molecule has 0 atom stereocenters. The van der Waals surface area contributed by atoms with E-state index in [1.54, 1.807) is 0 Å². The molecule has 0 heterocycles. The number of rotatable bonds is 5. The molecule has 2 rings (SSSR count). The summed E-state index contributed by atoms with van der Waals surface area (Å²) in [5, 5.41) is 3.08. The number of carbonyl (C=O) groups is 1. The van der Waals surface area contributed by atoms with Crippen molar-refractivity contribution < 1.29 is 14.0 Å². The Morgan fingerprint density at radius 3 is 2.78 bits per heavy atom. The van der Waals surface area contributed by atoms with Crippen LogP contribution in [0.4, 0.5) is 15.8 Å². The molecule has 0 saturated heterocycles. The Morgan fingerprint density at radius 2 is 2.09 bits per heavy atom. The summed E-state index contributed by atoms with van der Waals surface area (Å²) in [5.41, 5.74) is 4.59. The summed E-state index contributed by atoms with van der Waals surface area (Å²) >= 11 is 2.21. The highest BCUT2D eigenvalue weighted by Gasteiger charge is 2.13. The predicted molar refractivity (Wildman–Crippen MR) is 95.8 cm³/mol. The van der Waals surface area contributed by atoms with E-state index in [4.69, 9.17) is 11.3 Å². The quantitative estimate of drug-likeness (QED) is 0.333. The van der Waals surface area contributed by atoms with E-state index in [2.05, 4.69) is 39.3 Å². The van der Waals surface area contributed by atoms with E-state index in [0.29, 0.717) is 5.69 Å². The number of hydrogen-bond acceptors (Lipinski definition) is 3. The van der Waals surface area contributed by atoms with Crippen molar-refractivity contribution in [1.82, 2.24) is 5.48 Å². The molecular formula is C17H14FIN2O2. The van der Waals surface area contributed by atoms with Gasteiger partial charge in [0.15, 0.2) is 0 Å². The van der Waals surface area contributed by atoms with E-state index in [9.17, 15) is 9.18 Å². The molecule has 2 aromatic rings. The molecule has 0 aliphatic carbocycles. The fourth-order valence-electron chi connectivity index (χ4n) is 1.93. The van der Waals surface area contributed by atoms with Crippen LogP contribution in [-0.2, 0) is 4.84 Å². The van der Waals surface area contributed by atoms with Crippen LogP contribution in [0.3, 0.4) is 0 Å². The zero-order valence-electron chi connectivity index (χ0n) is 12.3. The van der Waals surface area contributed by atoms with Crippen LogP contribution in [0.1, 0.15) is 15.9 Å². The maximum atomic E-state index is 13.6. The monoisotopic (exact) mass is 424 g/mol. The minimum absolute atomic E-state index is 0.0497. The average Bonchev–Trinajstić information content (AvgIpc) is 2.50. The van der Waals surface area contributed by atoms with Gasteiger partial charge >= 0.3 is 0 Å². The van der Waals surface area contributed by atoms with Crippen LogP contribution in [0.25, 0.3) is 0 Å². The van der Waals surface area contributed by atoms with Crippen LogP contribution in [-0.4, -0.2) is 12.5 Å². The SMILES string of the molecule is C#CCONC(=O)c1ccc(F)cc1Nc1ccc(I)cc1C. The Kier molecular flexibility index (Phi) is 5.96. The predicted octanol–water partition coefficient (Wildman–Crippen LogP) is 3.78. The highest BCUT2D eigenvalue weighted by atomic mass is 127. The first-order valence-electron chi connectivity index (χ1n) is 6.69. The van der Waals surface area contributed by atoms with Gasteiger partial charge in [0.05, 0.1) is 11.3 Å². The molecule has 0 aromatic heterocycles. The molecule has 0 radical (unpaired) electrons. The minimum atomic E-state index is -0.508. The number of terminal acetylenes is 1. The van der Waals surface area contributed by atoms with Gasteiger partial charge < -0.3 is 5.32 Å². The molecule has 2 aromatic carbocycles. The standard InChI is InChI=1S/C17H14FIN2O2/c1-3-8-23-21-17(22)14-6-4-12(18)10-16(14)20-15-7-5-13(19)9-11(15)2/h1,4-7,9-10,20H,8H2,2H3,(H,21,22). The van der Waals surface area contributed by atoms with Crippen LogP contribution >= 0.6 is 22.6 Å².